The molecule has 5 nitrogen and oxygen atoms in total. The largest absolute Gasteiger partial charge is 0.496 e. The highest BCUT2D eigenvalue weighted by Crippen LogP contribution is 2.30. The van der Waals surface area contributed by atoms with Crippen LogP contribution in [0.3, 0.4) is 0 Å². The number of piperidine rings is 1. The summed E-state index contributed by atoms with van der Waals surface area (Å²) in [6.45, 7) is 0.433. The summed E-state index contributed by atoms with van der Waals surface area (Å²) in [5, 5.41) is 9.73. The minimum Gasteiger partial charge on any atom is -0.496 e. The third kappa shape index (κ3) is 3.42. The van der Waals surface area contributed by atoms with E-state index in [1.807, 2.05) is 0 Å². The Hall–Kier alpha value is -1.02. The standard InChI is InChI=1S/C14H15ClINO4/c1-21-12-7-10(16)9(15)6-8(12)13(18)17-5-3-2-4-11(17)14(19)20/h6-7,11H,2-5H2,1H3,(H,19,20). The minimum atomic E-state index is -0.973. The molecule has 1 N–H and O–H groups in total. The second-order valence-electron chi connectivity index (χ2n) is 4.81. The number of aliphatic carboxylic acids is 1. The van der Waals surface area contributed by atoms with Crippen LogP contribution >= 0.6 is 34.2 Å². The van der Waals surface area contributed by atoms with Gasteiger partial charge in [0.05, 0.1) is 17.7 Å². The number of nitrogens with zero attached hydrogens (tertiary/aromatic N) is 1. The molecule has 1 heterocycles. The van der Waals surface area contributed by atoms with E-state index in [0.717, 1.165) is 16.4 Å². The maximum atomic E-state index is 12.7. The van der Waals surface area contributed by atoms with Crippen molar-refractivity contribution in [1.29, 1.82) is 0 Å². The lowest BCUT2D eigenvalue weighted by Crippen LogP contribution is -2.48. The first-order valence-electron chi connectivity index (χ1n) is 6.52. The highest BCUT2D eigenvalue weighted by Gasteiger charge is 2.33. The summed E-state index contributed by atoms with van der Waals surface area (Å²) in [5.41, 5.74) is 0.302. The molecule has 0 radical (unpaired) electrons. The Balaban J connectivity index is 2.38. The van der Waals surface area contributed by atoms with Crippen LogP contribution in [0.1, 0.15) is 29.6 Å². The van der Waals surface area contributed by atoms with Gasteiger partial charge >= 0.3 is 5.97 Å². The van der Waals surface area contributed by atoms with Crippen LogP contribution in [0, 0.1) is 3.57 Å². The van der Waals surface area contributed by atoms with Crippen LogP contribution in [-0.2, 0) is 4.79 Å². The molecule has 0 bridgehead atoms. The maximum absolute atomic E-state index is 12.7. The topological polar surface area (TPSA) is 66.8 Å². The smallest absolute Gasteiger partial charge is 0.326 e. The Kier molecular flexibility index (Phi) is 5.32. The average molecular weight is 424 g/mol. The van der Waals surface area contributed by atoms with Crippen molar-refractivity contribution in [2.75, 3.05) is 13.7 Å². The van der Waals surface area contributed by atoms with Crippen molar-refractivity contribution in [1.82, 2.24) is 4.90 Å². The summed E-state index contributed by atoms with van der Waals surface area (Å²) in [7, 11) is 1.47. The van der Waals surface area contributed by atoms with Gasteiger partial charge in [0.1, 0.15) is 11.8 Å². The van der Waals surface area contributed by atoms with Crippen molar-refractivity contribution in [3.8, 4) is 5.75 Å². The Bertz CT molecular complexity index is 578. The normalized spacial score (nSPS) is 18.4. The van der Waals surface area contributed by atoms with Crippen molar-refractivity contribution in [3.05, 3.63) is 26.3 Å². The zero-order valence-electron chi connectivity index (χ0n) is 11.4. The monoisotopic (exact) mass is 423 g/mol. The minimum absolute atomic E-state index is 0.302. The summed E-state index contributed by atoms with van der Waals surface area (Å²) in [4.78, 5) is 25.4. The van der Waals surface area contributed by atoms with Gasteiger partial charge in [-0.2, -0.15) is 0 Å². The lowest BCUT2D eigenvalue weighted by Gasteiger charge is -2.33. The second kappa shape index (κ2) is 6.83. The maximum Gasteiger partial charge on any atom is 0.326 e. The van der Waals surface area contributed by atoms with Crippen molar-refractivity contribution >= 4 is 46.1 Å². The molecule has 2 rings (SSSR count). The van der Waals surface area contributed by atoms with E-state index in [2.05, 4.69) is 22.6 Å². The van der Waals surface area contributed by atoms with Gasteiger partial charge in [-0.1, -0.05) is 11.6 Å². The van der Waals surface area contributed by atoms with Crippen molar-refractivity contribution < 1.29 is 19.4 Å². The molecule has 0 spiro atoms. The molecule has 1 unspecified atom stereocenters. The van der Waals surface area contributed by atoms with E-state index in [1.165, 1.54) is 18.1 Å². The molecule has 1 saturated heterocycles. The highest BCUT2D eigenvalue weighted by atomic mass is 127. The predicted octanol–water partition coefficient (Wildman–Crippen LogP) is 3.03. The van der Waals surface area contributed by atoms with E-state index in [0.29, 0.717) is 29.3 Å². The first kappa shape index (κ1) is 16.4. The fraction of sp³-hybridized carbons (Fsp3) is 0.429. The van der Waals surface area contributed by atoms with Crippen LogP contribution in [-0.4, -0.2) is 41.6 Å². The molecule has 0 saturated carbocycles. The predicted molar refractivity (Wildman–Crippen MR) is 87.0 cm³/mol. The fourth-order valence-electron chi connectivity index (χ4n) is 2.45. The van der Waals surface area contributed by atoms with E-state index < -0.39 is 12.0 Å². The molecule has 1 aromatic rings. The summed E-state index contributed by atoms with van der Waals surface area (Å²) < 4.78 is 6.00. The second-order valence-corrected chi connectivity index (χ2v) is 6.38. The molecular formula is C14H15ClINO4. The van der Waals surface area contributed by atoms with E-state index in [9.17, 15) is 14.7 Å². The van der Waals surface area contributed by atoms with Gasteiger partial charge < -0.3 is 14.7 Å². The fourth-order valence-corrected chi connectivity index (χ4v) is 3.05. The van der Waals surface area contributed by atoms with Gasteiger partial charge in [0.25, 0.3) is 5.91 Å². The number of carboxylic acids is 1. The number of halogens is 2. The lowest BCUT2D eigenvalue weighted by molar-refractivity contribution is -0.143. The molecule has 1 amide bonds. The zero-order chi connectivity index (χ0) is 15.6. The molecule has 0 aliphatic carbocycles. The van der Waals surface area contributed by atoms with Crippen LogP contribution in [0.25, 0.3) is 0 Å². The molecule has 114 valence electrons. The number of ether oxygens (including phenoxy) is 1. The SMILES string of the molecule is COc1cc(I)c(Cl)cc1C(=O)N1CCCCC1C(=O)O. The van der Waals surface area contributed by atoms with Gasteiger partial charge in [-0.05, 0) is 54.0 Å². The van der Waals surface area contributed by atoms with Gasteiger partial charge in [-0.25, -0.2) is 4.79 Å². The number of likely N-dealkylation sites (tertiary alicyclic amines) is 1. The number of amides is 1. The molecule has 21 heavy (non-hydrogen) atoms. The van der Waals surface area contributed by atoms with Crippen molar-refractivity contribution in [2.24, 2.45) is 0 Å². The van der Waals surface area contributed by atoms with Crippen LogP contribution in [0.4, 0.5) is 0 Å². The van der Waals surface area contributed by atoms with Crippen LogP contribution in [0.15, 0.2) is 12.1 Å². The van der Waals surface area contributed by atoms with Gasteiger partial charge in [0.15, 0.2) is 0 Å². The number of rotatable bonds is 3. The first-order chi connectivity index (χ1) is 9.95. The molecule has 1 aliphatic rings. The quantitative estimate of drug-likeness (QED) is 0.759. The number of methoxy groups -OCH3 is 1. The Labute approximate surface area is 141 Å². The lowest BCUT2D eigenvalue weighted by atomic mass is 10.0. The third-order valence-corrected chi connectivity index (χ3v) is 5.05. The molecule has 1 aromatic carbocycles. The number of benzene rings is 1. The van der Waals surface area contributed by atoms with Crippen LogP contribution in [0.5, 0.6) is 5.75 Å². The number of carboxylic acid groups (broad SMARTS) is 1. The Morgan fingerprint density at radius 1 is 1.43 bits per heavy atom. The van der Waals surface area contributed by atoms with E-state index >= 15 is 0 Å². The molecule has 1 atom stereocenters. The van der Waals surface area contributed by atoms with E-state index in [1.54, 1.807) is 6.07 Å². The Morgan fingerprint density at radius 2 is 2.14 bits per heavy atom. The number of hydrogen-bond acceptors (Lipinski definition) is 3. The number of carbonyl (C=O) groups is 2. The first-order valence-corrected chi connectivity index (χ1v) is 7.98. The van der Waals surface area contributed by atoms with Crippen molar-refractivity contribution in [3.63, 3.8) is 0 Å². The van der Waals surface area contributed by atoms with E-state index in [4.69, 9.17) is 16.3 Å². The summed E-state index contributed by atoms with van der Waals surface area (Å²) in [6.07, 6.45) is 2.09. The molecule has 0 aromatic heterocycles. The molecule has 1 aliphatic heterocycles. The van der Waals surface area contributed by atoms with E-state index in [-0.39, 0.29) is 5.91 Å². The Morgan fingerprint density at radius 3 is 2.76 bits per heavy atom. The van der Waals surface area contributed by atoms with Crippen molar-refractivity contribution in [2.45, 2.75) is 25.3 Å². The zero-order valence-corrected chi connectivity index (χ0v) is 14.3. The molecular weight excluding hydrogens is 409 g/mol. The summed E-state index contributed by atoms with van der Waals surface area (Å²) >= 11 is 8.13. The van der Waals surface area contributed by atoms with Crippen LogP contribution < -0.4 is 4.74 Å². The van der Waals surface area contributed by atoms with Gasteiger partial charge in [0.2, 0.25) is 0 Å². The number of hydrogen-bond donors (Lipinski definition) is 1. The highest BCUT2D eigenvalue weighted by molar-refractivity contribution is 14.1. The average Bonchev–Trinajstić information content (AvgIpc) is 2.48. The van der Waals surface area contributed by atoms with Crippen LogP contribution in [0.2, 0.25) is 5.02 Å². The summed E-state index contributed by atoms with van der Waals surface area (Å²) in [5.74, 6) is -0.917. The summed E-state index contributed by atoms with van der Waals surface area (Å²) in [6, 6.07) is 2.43. The van der Waals surface area contributed by atoms with Gasteiger partial charge in [-0.15, -0.1) is 0 Å². The molecule has 7 heteroatoms. The molecule has 1 fully saturated rings. The third-order valence-electron chi connectivity index (χ3n) is 3.52. The van der Waals surface area contributed by atoms with Gasteiger partial charge in [0, 0.05) is 10.1 Å². The van der Waals surface area contributed by atoms with Gasteiger partial charge in [-0.3, -0.25) is 4.79 Å². The number of carbonyl (C=O) groups excluding carboxylic acids is 1.